The zero-order chi connectivity index (χ0) is 17.6. The Morgan fingerprint density at radius 2 is 2.00 bits per heavy atom. The largest absolute Gasteiger partial charge is 0.342 e. The van der Waals surface area contributed by atoms with Gasteiger partial charge in [-0.2, -0.15) is 0 Å². The van der Waals surface area contributed by atoms with Crippen LogP contribution < -0.4 is 0 Å². The molecule has 1 saturated carbocycles. The molecule has 2 heterocycles. The van der Waals surface area contributed by atoms with E-state index in [1.165, 1.54) is 30.7 Å². The van der Waals surface area contributed by atoms with Crippen LogP contribution in [0.3, 0.4) is 0 Å². The molecule has 0 aromatic carbocycles. The normalized spacial score (nSPS) is 20.8. The van der Waals surface area contributed by atoms with Crippen molar-refractivity contribution in [3.8, 4) is 0 Å². The monoisotopic (exact) mass is 378 g/mol. The van der Waals surface area contributed by atoms with Crippen molar-refractivity contribution in [3.63, 3.8) is 0 Å². The van der Waals surface area contributed by atoms with Gasteiger partial charge in [0, 0.05) is 37.2 Å². The first kappa shape index (κ1) is 21.1. The summed E-state index contributed by atoms with van der Waals surface area (Å²) in [5.41, 5.74) is 1.11. The maximum atomic E-state index is 12.6. The Labute approximate surface area is 162 Å². The fraction of sp³-hybridized carbons (Fsp3) is 0.762. The number of aryl methyl sites for hydroxylation is 1. The fourth-order valence-electron chi connectivity index (χ4n) is 4.14. The first-order chi connectivity index (χ1) is 12.1. The summed E-state index contributed by atoms with van der Waals surface area (Å²) < 4.78 is 0. The molecule has 0 spiro atoms. The summed E-state index contributed by atoms with van der Waals surface area (Å²) in [7, 11) is 0. The minimum Gasteiger partial charge on any atom is -0.342 e. The third-order valence-electron chi connectivity index (χ3n) is 5.59. The number of rotatable bonds is 7. The van der Waals surface area contributed by atoms with Gasteiger partial charge in [-0.3, -0.25) is 4.79 Å². The van der Waals surface area contributed by atoms with Crippen LogP contribution in [0, 0.1) is 5.92 Å². The number of amides is 1. The number of likely N-dealkylation sites (tertiary alicyclic amines) is 1. The summed E-state index contributed by atoms with van der Waals surface area (Å²) in [6.07, 6.45) is 10.4. The average molecular weight is 379 g/mol. The van der Waals surface area contributed by atoms with Crippen molar-refractivity contribution in [1.29, 1.82) is 0 Å². The summed E-state index contributed by atoms with van der Waals surface area (Å²) in [5.74, 6) is 1.63. The molecule has 1 aromatic rings. The first-order valence-electron chi connectivity index (χ1n) is 9.83. The lowest BCUT2D eigenvalue weighted by Crippen LogP contribution is -2.39. The van der Waals surface area contributed by atoms with Crippen LogP contribution in [0.4, 0.5) is 0 Å². The van der Waals surface area contributed by atoms with E-state index in [0.29, 0.717) is 24.2 Å². The summed E-state index contributed by atoms with van der Waals surface area (Å²) in [5, 5.41) is 3.31. The average Bonchev–Trinajstić information content (AvgIpc) is 3.26. The van der Waals surface area contributed by atoms with Gasteiger partial charge in [0.15, 0.2) is 0 Å². The summed E-state index contributed by atoms with van der Waals surface area (Å²) in [6, 6.07) is 0. The van der Waals surface area contributed by atoms with Gasteiger partial charge in [0.05, 0.1) is 10.7 Å². The number of Topliss-reactive ketones (excluding diaryl/α,β-unsaturated/α-hetero) is 1. The highest BCUT2D eigenvalue weighted by atomic mass is 32.1. The standard InChI is InChI=1S/C20H30N2O2S.CH4/c1-15(23)6-4-10-18-14-25-20(21-18)17-9-5-11-22(13-17)19(24)12-16-7-2-3-8-16;/h14,16-17H,2-13H2,1H3;1H4. The minimum absolute atomic E-state index is 0. The van der Waals surface area contributed by atoms with Crippen molar-refractivity contribution in [2.24, 2.45) is 5.92 Å². The van der Waals surface area contributed by atoms with E-state index in [0.717, 1.165) is 50.9 Å². The van der Waals surface area contributed by atoms with E-state index in [4.69, 9.17) is 4.98 Å². The molecular weight excluding hydrogens is 344 g/mol. The number of aromatic nitrogens is 1. The molecule has 1 atom stereocenters. The van der Waals surface area contributed by atoms with Crippen LogP contribution in [-0.4, -0.2) is 34.7 Å². The highest BCUT2D eigenvalue weighted by Crippen LogP contribution is 2.32. The predicted molar refractivity (Wildman–Crippen MR) is 108 cm³/mol. The number of piperidine rings is 1. The molecule has 1 aliphatic carbocycles. The molecule has 5 heteroatoms. The van der Waals surface area contributed by atoms with Crippen molar-refractivity contribution >= 4 is 23.0 Å². The van der Waals surface area contributed by atoms with Gasteiger partial charge in [0.1, 0.15) is 5.78 Å². The minimum atomic E-state index is 0. The van der Waals surface area contributed by atoms with E-state index in [1.54, 1.807) is 18.3 Å². The zero-order valence-corrected chi connectivity index (χ0v) is 16.2. The smallest absolute Gasteiger partial charge is 0.222 e. The molecule has 0 bridgehead atoms. The molecule has 4 nitrogen and oxygen atoms in total. The van der Waals surface area contributed by atoms with Crippen molar-refractivity contribution in [3.05, 3.63) is 16.1 Å². The molecule has 1 aromatic heterocycles. The lowest BCUT2D eigenvalue weighted by atomic mass is 9.97. The SMILES string of the molecule is C.CC(=O)CCCc1csc(C2CCCN(C(=O)CC3CCCC3)C2)n1. The van der Waals surface area contributed by atoms with Gasteiger partial charge in [-0.15, -0.1) is 11.3 Å². The molecule has 26 heavy (non-hydrogen) atoms. The van der Waals surface area contributed by atoms with Crippen LogP contribution in [0.25, 0.3) is 0 Å². The lowest BCUT2D eigenvalue weighted by Gasteiger charge is -2.32. The van der Waals surface area contributed by atoms with E-state index < -0.39 is 0 Å². The molecule has 1 saturated heterocycles. The van der Waals surface area contributed by atoms with E-state index in [1.807, 2.05) is 0 Å². The van der Waals surface area contributed by atoms with Gasteiger partial charge in [0.25, 0.3) is 0 Å². The highest BCUT2D eigenvalue weighted by molar-refractivity contribution is 7.09. The second-order valence-electron chi connectivity index (χ2n) is 7.77. The molecule has 0 radical (unpaired) electrons. The maximum absolute atomic E-state index is 12.6. The Morgan fingerprint density at radius 3 is 2.73 bits per heavy atom. The number of hydrogen-bond acceptors (Lipinski definition) is 4. The van der Waals surface area contributed by atoms with Gasteiger partial charge in [-0.1, -0.05) is 20.3 Å². The molecule has 3 rings (SSSR count). The van der Waals surface area contributed by atoms with Crippen LogP contribution in [0.5, 0.6) is 0 Å². The molecular formula is C21H34N2O2S. The quantitative estimate of drug-likeness (QED) is 0.672. The Hall–Kier alpha value is -1.23. The Bertz CT molecular complexity index is 593. The zero-order valence-electron chi connectivity index (χ0n) is 15.3. The molecule has 1 aliphatic heterocycles. The molecule has 2 aliphatic rings. The van der Waals surface area contributed by atoms with Gasteiger partial charge in [-0.05, 0) is 51.4 Å². The van der Waals surface area contributed by atoms with E-state index >= 15 is 0 Å². The van der Waals surface area contributed by atoms with Gasteiger partial charge < -0.3 is 9.69 Å². The van der Waals surface area contributed by atoms with Crippen LogP contribution in [-0.2, 0) is 16.0 Å². The summed E-state index contributed by atoms with van der Waals surface area (Å²) in [4.78, 5) is 30.6. The Morgan fingerprint density at radius 1 is 1.23 bits per heavy atom. The summed E-state index contributed by atoms with van der Waals surface area (Å²) in [6.45, 7) is 3.40. The predicted octanol–water partition coefficient (Wildman–Crippen LogP) is 4.98. The lowest BCUT2D eigenvalue weighted by molar-refractivity contribution is -0.133. The number of ketones is 1. The van der Waals surface area contributed by atoms with Crippen molar-refractivity contribution < 1.29 is 9.59 Å². The third kappa shape index (κ3) is 5.90. The summed E-state index contributed by atoms with van der Waals surface area (Å²) >= 11 is 1.73. The molecule has 1 unspecified atom stereocenters. The van der Waals surface area contributed by atoms with Gasteiger partial charge in [0.2, 0.25) is 5.91 Å². The third-order valence-corrected chi connectivity index (χ3v) is 6.65. The fourth-order valence-corrected chi connectivity index (χ4v) is 5.12. The number of nitrogens with zero attached hydrogens (tertiary/aromatic N) is 2. The van der Waals surface area contributed by atoms with E-state index in [2.05, 4.69) is 10.3 Å². The molecule has 146 valence electrons. The van der Waals surface area contributed by atoms with Crippen LogP contribution >= 0.6 is 11.3 Å². The van der Waals surface area contributed by atoms with Gasteiger partial charge in [-0.25, -0.2) is 4.98 Å². The topological polar surface area (TPSA) is 50.3 Å². The molecule has 1 amide bonds. The maximum Gasteiger partial charge on any atom is 0.222 e. The van der Waals surface area contributed by atoms with E-state index in [-0.39, 0.29) is 13.2 Å². The van der Waals surface area contributed by atoms with Crippen molar-refractivity contribution in [2.45, 2.75) is 84.5 Å². The number of carbonyl (C=O) groups excluding carboxylic acids is 2. The second kappa shape index (κ2) is 10.2. The first-order valence-corrected chi connectivity index (χ1v) is 10.7. The van der Waals surface area contributed by atoms with E-state index in [9.17, 15) is 9.59 Å². The van der Waals surface area contributed by atoms with Crippen LogP contribution in [0.1, 0.15) is 88.8 Å². The van der Waals surface area contributed by atoms with Crippen LogP contribution in [0.2, 0.25) is 0 Å². The van der Waals surface area contributed by atoms with Crippen molar-refractivity contribution in [1.82, 2.24) is 9.88 Å². The number of hydrogen-bond donors (Lipinski definition) is 0. The van der Waals surface area contributed by atoms with Crippen molar-refractivity contribution in [2.75, 3.05) is 13.1 Å². The Balaban J connectivity index is 0.00000243. The second-order valence-corrected chi connectivity index (χ2v) is 8.66. The number of carbonyl (C=O) groups is 2. The van der Waals surface area contributed by atoms with Gasteiger partial charge >= 0.3 is 0 Å². The Kier molecular flexibility index (Phi) is 8.26. The molecule has 0 N–H and O–H groups in total. The molecule has 2 fully saturated rings. The van der Waals surface area contributed by atoms with Crippen LogP contribution in [0.15, 0.2) is 5.38 Å². The number of thiazole rings is 1. The highest BCUT2D eigenvalue weighted by Gasteiger charge is 2.28.